The molecule has 1 atom stereocenters. The van der Waals surface area contributed by atoms with Crippen molar-refractivity contribution in [3.63, 3.8) is 0 Å². The highest BCUT2D eigenvalue weighted by atomic mass is 16.3. The molecular weight excluding hydrogens is 396 g/mol. The molecule has 1 unspecified atom stereocenters. The average molecular weight is 420 g/mol. The van der Waals surface area contributed by atoms with Crippen molar-refractivity contribution in [2.24, 2.45) is 0 Å². The maximum absolute atomic E-state index is 13.1. The van der Waals surface area contributed by atoms with Crippen LogP contribution in [0.25, 0.3) is 0 Å². The van der Waals surface area contributed by atoms with Gasteiger partial charge >= 0.3 is 0 Å². The van der Waals surface area contributed by atoms with Gasteiger partial charge in [-0.05, 0) is 28.8 Å². The molecule has 2 aromatic carbocycles. The van der Waals surface area contributed by atoms with Crippen molar-refractivity contribution in [2.45, 2.75) is 25.6 Å². The van der Waals surface area contributed by atoms with Crippen molar-refractivity contribution in [3.05, 3.63) is 82.9 Å². The molecule has 1 aromatic heterocycles. The molecule has 8 heteroatoms. The van der Waals surface area contributed by atoms with Crippen LogP contribution in [0.3, 0.4) is 0 Å². The van der Waals surface area contributed by atoms with Crippen LogP contribution in [0.4, 0.5) is 0 Å². The van der Waals surface area contributed by atoms with E-state index < -0.39 is 0 Å². The number of hydrogen-bond acceptors (Lipinski definition) is 5. The van der Waals surface area contributed by atoms with Crippen LogP contribution < -0.4 is 0 Å². The van der Waals surface area contributed by atoms with E-state index in [-0.39, 0.29) is 24.0 Å². The summed E-state index contributed by atoms with van der Waals surface area (Å²) in [5, 5.41) is 16.8. The smallest absolute Gasteiger partial charge is 0.290 e. The molecule has 0 saturated carbocycles. The largest absolute Gasteiger partial charge is 0.508 e. The number of aromatic hydroxyl groups is 1. The standard InChI is InChI=1S/C22H22N4O2.CH2O2/c27-18-7-3-6-15(8-18)19-11-26(12-20-22(19)24-14-23-20)21(28)13-25-9-16-4-1-2-5-17(16)10-25;2-1-3/h1-8,14,19,27H,9-13H2,(H,23,24);1H,(H,2,3). The van der Waals surface area contributed by atoms with Crippen molar-refractivity contribution in [1.82, 2.24) is 19.8 Å². The highest BCUT2D eigenvalue weighted by Gasteiger charge is 2.32. The number of aromatic amines is 1. The van der Waals surface area contributed by atoms with E-state index in [0.717, 1.165) is 30.0 Å². The highest BCUT2D eigenvalue weighted by Crippen LogP contribution is 2.33. The second kappa shape index (κ2) is 9.01. The summed E-state index contributed by atoms with van der Waals surface area (Å²) < 4.78 is 0. The van der Waals surface area contributed by atoms with Crippen molar-refractivity contribution in [1.29, 1.82) is 0 Å². The molecule has 2 aliphatic heterocycles. The van der Waals surface area contributed by atoms with E-state index in [2.05, 4.69) is 39.1 Å². The minimum Gasteiger partial charge on any atom is -0.508 e. The minimum absolute atomic E-state index is 0.0400. The van der Waals surface area contributed by atoms with Crippen LogP contribution in [0.2, 0.25) is 0 Å². The van der Waals surface area contributed by atoms with Gasteiger partial charge in [-0.25, -0.2) is 4.98 Å². The first-order valence-corrected chi connectivity index (χ1v) is 10.0. The number of amides is 1. The Hall–Kier alpha value is -3.65. The third-order valence-electron chi connectivity index (χ3n) is 5.72. The van der Waals surface area contributed by atoms with E-state index in [9.17, 15) is 9.90 Å². The quantitative estimate of drug-likeness (QED) is 0.561. The van der Waals surface area contributed by atoms with E-state index in [4.69, 9.17) is 9.90 Å². The zero-order valence-electron chi connectivity index (χ0n) is 16.9. The molecular formula is C23H24N4O4. The molecule has 0 saturated heterocycles. The third-order valence-corrected chi connectivity index (χ3v) is 5.72. The Bertz CT molecular complexity index is 1060. The lowest BCUT2D eigenvalue weighted by Crippen LogP contribution is -2.43. The fourth-order valence-corrected chi connectivity index (χ4v) is 4.32. The minimum atomic E-state index is -0.250. The number of benzene rings is 2. The number of rotatable bonds is 3. The fraction of sp³-hybridized carbons (Fsp3) is 0.261. The van der Waals surface area contributed by atoms with Gasteiger partial charge in [0.1, 0.15) is 5.75 Å². The number of nitrogens with zero attached hydrogens (tertiary/aromatic N) is 3. The molecule has 3 N–H and O–H groups in total. The lowest BCUT2D eigenvalue weighted by atomic mass is 9.90. The molecule has 0 aliphatic carbocycles. The van der Waals surface area contributed by atoms with Gasteiger partial charge in [0.25, 0.3) is 6.47 Å². The second-order valence-corrected chi connectivity index (χ2v) is 7.71. The Labute approximate surface area is 179 Å². The van der Waals surface area contributed by atoms with Crippen LogP contribution in [-0.4, -0.2) is 55.4 Å². The summed E-state index contributed by atoms with van der Waals surface area (Å²) in [4.78, 5) is 33.2. The van der Waals surface area contributed by atoms with Gasteiger partial charge in [-0.2, -0.15) is 0 Å². The van der Waals surface area contributed by atoms with Crippen LogP contribution in [0.1, 0.15) is 34.0 Å². The molecule has 1 amide bonds. The number of carbonyl (C=O) groups excluding carboxylic acids is 1. The van der Waals surface area contributed by atoms with Gasteiger partial charge in [-0.1, -0.05) is 36.4 Å². The summed E-state index contributed by atoms with van der Waals surface area (Å²) >= 11 is 0. The topological polar surface area (TPSA) is 110 Å². The van der Waals surface area contributed by atoms with Crippen LogP contribution in [-0.2, 0) is 29.2 Å². The molecule has 31 heavy (non-hydrogen) atoms. The van der Waals surface area contributed by atoms with Crippen LogP contribution >= 0.6 is 0 Å². The molecule has 0 spiro atoms. The predicted molar refractivity (Wildman–Crippen MR) is 113 cm³/mol. The molecule has 5 rings (SSSR count). The van der Waals surface area contributed by atoms with E-state index in [1.807, 2.05) is 17.0 Å². The van der Waals surface area contributed by atoms with Crippen molar-refractivity contribution >= 4 is 12.4 Å². The molecule has 0 bridgehead atoms. The maximum Gasteiger partial charge on any atom is 0.290 e. The number of H-pyrrole nitrogens is 1. The fourth-order valence-electron chi connectivity index (χ4n) is 4.32. The third kappa shape index (κ3) is 4.44. The number of aromatic nitrogens is 2. The molecule has 8 nitrogen and oxygen atoms in total. The predicted octanol–water partition coefficient (Wildman–Crippen LogP) is 2.31. The number of phenolic OH excluding ortho intramolecular Hbond substituents is 1. The number of carbonyl (C=O) groups is 2. The Kier molecular flexibility index (Phi) is 5.99. The van der Waals surface area contributed by atoms with Crippen LogP contribution in [0.15, 0.2) is 54.9 Å². The number of phenols is 1. The van der Waals surface area contributed by atoms with Gasteiger partial charge in [0, 0.05) is 25.6 Å². The van der Waals surface area contributed by atoms with Crippen LogP contribution in [0, 0.1) is 0 Å². The van der Waals surface area contributed by atoms with E-state index in [1.165, 1.54) is 11.1 Å². The van der Waals surface area contributed by atoms with E-state index >= 15 is 0 Å². The summed E-state index contributed by atoms with van der Waals surface area (Å²) in [5.74, 6) is 0.313. The van der Waals surface area contributed by atoms with E-state index in [1.54, 1.807) is 18.5 Å². The Morgan fingerprint density at radius 1 is 1.13 bits per heavy atom. The lowest BCUT2D eigenvalue weighted by molar-refractivity contribution is -0.133. The Balaban J connectivity index is 0.000000730. The number of carboxylic acid groups (broad SMARTS) is 1. The van der Waals surface area contributed by atoms with Gasteiger partial charge in [-0.3, -0.25) is 14.5 Å². The summed E-state index contributed by atoms with van der Waals surface area (Å²) in [5.41, 5.74) is 5.52. The van der Waals surface area contributed by atoms with Crippen molar-refractivity contribution in [3.8, 4) is 5.75 Å². The lowest BCUT2D eigenvalue weighted by Gasteiger charge is -2.33. The molecule has 0 fully saturated rings. The second-order valence-electron chi connectivity index (χ2n) is 7.71. The maximum atomic E-state index is 13.1. The molecule has 3 aromatic rings. The molecule has 3 heterocycles. The average Bonchev–Trinajstić information content (AvgIpc) is 3.39. The summed E-state index contributed by atoms with van der Waals surface area (Å²) in [6.45, 7) is 2.91. The number of imidazole rings is 1. The van der Waals surface area contributed by atoms with Gasteiger partial charge < -0.3 is 20.1 Å². The number of fused-ring (bicyclic) bond motifs is 2. The first kappa shape index (κ1) is 20.6. The number of nitrogens with one attached hydrogen (secondary N) is 1. The number of hydrogen-bond donors (Lipinski definition) is 3. The monoisotopic (exact) mass is 420 g/mol. The summed E-state index contributed by atoms with van der Waals surface area (Å²) in [7, 11) is 0. The van der Waals surface area contributed by atoms with Gasteiger partial charge in [-0.15, -0.1) is 0 Å². The zero-order valence-corrected chi connectivity index (χ0v) is 16.9. The highest BCUT2D eigenvalue weighted by molar-refractivity contribution is 5.79. The SMILES string of the molecule is O=C(CN1Cc2ccccc2C1)N1Cc2[nH]cnc2C(c2cccc(O)c2)C1.O=CO. The molecule has 160 valence electrons. The summed E-state index contributed by atoms with van der Waals surface area (Å²) in [6.07, 6.45) is 1.69. The molecule has 0 radical (unpaired) electrons. The first-order valence-electron chi connectivity index (χ1n) is 10.0. The Morgan fingerprint density at radius 2 is 1.84 bits per heavy atom. The van der Waals surface area contributed by atoms with Crippen LogP contribution in [0.5, 0.6) is 5.75 Å². The van der Waals surface area contributed by atoms with Gasteiger partial charge in [0.05, 0.1) is 30.8 Å². The zero-order chi connectivity index (χ0) is 21.8. The summed E-state index contributed by atoms with van der Waals surface area (Å²) in [6, 6.07) is 15.6. The van der Waals surface area contributed by atoms with Gasteiger partial charge in [0.2, 0.25) is 5.91 Å². The van der Waals surface area contributed by atoms with Gasteiger partial charge in [0.15, 0.2) is 0 Å². The normalized spacial score (nSPS) is 17.3. The van der Waals surface area contributed by atoms with E-state index in [0.29, 0.717) is 19.6 Å². The molecule has 2 aliphatic rings. The Morgan fingerprint density at radius 3 is 2.52 bits per heavy atom. The van der Waals surface area contributed by atoms with Crippen molar-refractivity contribution < 1.29 is 19.8 Å². The first-order chi connectivity index (χ1) is 15.1. The van der Waals surface area contributed by atoms with Crippen molar-refractivity contribution in [2.75, 3.05) is 13.1 Å².